The fraction of sp³-hybridized carbons (Fsp3) is 0.276. The van der Waals surface area contributed by atoms with Crippen LogP contribution in [-0.4, -0.2) is 49.4 Å². The van der Waals surface area contributed by atoms with Crippen molar-refractivity contribution in [2.45, 2.75) is 38.6 Å². The predicted molar refractivity (Wildman–Crippen MR) is 144 cm³/mol. The third-order valence-corrected chi connectivity index (χ3v) is 7.06. The van der Waals surface area contributed by atoms with E-state index in [2.05, 4.69) is 16.5 Å². The van der Waals surface area contributed by atoms with E-state index >= 15 is 0 Å². The van der Waals surface area contributed by atoms with Crippen molar-refractivity contribution in [2.24, 2.45) is 0 Å². The number of nitrogen functional groups attached to an aromatic ring is 1. The standard InChI is InChI=1S/C29H30N6O2/c1-3-25(37)34-16-6-8-22(17-34)35-29-26(28(30)31-18-32-29)27(33-35)21-13-10-20(11-14-21)12-15-24(36)23-9-5-4-7-19(23)2/h3-5,7,9-11,13-14,18,22H,1,6,8,12,15-17H2,2H3,(H2,30,31,32). The van der Waals surface area contributed by atoms with Crippen molar-refractivity contribution in [1.29, 1.82) is 0 Å². The zero-order valence-corrected chi connectivity index (χ0v) is 20.9. The normalized spacial score (nSPS) is 15.6. The van der Waals surface area contributed by atoms with Crippen LogP contribution in [0.5, 0.6) is 0 Å². The SMILES string of the molecule is C=CC(=O)N1CCCC(n2nc(-c3ccc(CCC(=O)c4ccccc4C)cc3)c3c(N)ncnc32)C1. The number of nitrogens with two attached hydrogens (primary N) is 1. The lowest BCUT2D eigenvalue weighted by molar-refractivity contribution is -0.127. The first kappa shape index (κ1) is 24.4. The van der Waals surface area contributed by atoms with Gasteiger partial charge in [-0.2, -0.15) is 5.10 Å². The minimum atomic E-state index is -0.0768. The monoisotopic (exact) mass is 494 g/mol. The largest absolute Gasteiger partial charge is 0.383 e. The molecule has 188 valence electrons. The number of ketones is 1. The van der Waals surface area contributed by atoms with Gasteiger partial charge in [0.2, 0.25) is 5.91 Å². The summed E-state index contributed by atoms with van der Waals surface area (Å²) in [5, 5.41) is 5.64. The number of anilines is 1. The molecule has 0 bridgehead atoms. The summed E-state index contributed by atoms with van der Waals surface area (Å²) in [4.78, 5) is 35.4. The molecule has 0 radical (unpaired) electrons. The Balaban J connectivity index is 1.40. The van der Waals surface area contributed by atoms with Crippen LogP contribution < -0.4 is 5.73 Å². The Morgan fingerprint density at radius 2 is 1.92 bits per heavy atom. The number of hydrogen-bond donors (Lipinski definition) is 1. The first-order valence-corrected chi connectivity index (χ1v) is 12.5. The minimum absolute atomic E-state index is 0.0186. The summed E-state index contributed by atoms with van der Waals surface area (Å²) in [5.41, 5.74) is 11.4. The molecule has 1 fully saturated rings. The molecule has 3 heterocycles. The van der Waals surface area contributed by atoms with E-state index in [4.69, 9.17) is 10.8 Å². The van der Waals surface area contributed by atoms with E-state index in [1.165, 1.54) is 12.4 Å². The van der Waals surface area contributed by atoms with Gasteiger partial charge >= 0.3 is 0 Å². The molecular weight excluding hydrogens is 464 g/mol. The van der Waals surface area contributed by atoms with Crippen molar-refractivity contribution in [3.63, 3.8) is 0 Å². The Bertz CT molecular complexity index is 1470. The zero-order valence-electron chi connectivity index (χ0n) is 20.9. The molecule has 37 heavy (non-hydrogen) atoms. The first-order chi connectivity index (χ1) is 18.0. The molecule has 1 saturated heterocycles. The molecule has 8 nitrogen and oxygen atoms in total. The molecule has 2 aromatic carbocycles. The van der Waals surface area contributed by atoms with Gasteiger partial charge in [0.05, 0.1) is 11.4 Å². The quantitative estimate of drug-likeness (QED) is 0.298. The summed E-state index contributed by atoms with van der Waals surface area (Å²) in [5.74, 6) is 0.439. The molecule has 1 aliphatic rings. The topological polar surface area (TPSA) is 107 Å². The highest BCUT2D eigenvalue weighted by atomic mass is 16.2. The highest BCUT2D eigenvalue weighted by molar-refractivity contribution is 5.99. The smallest absolute Gasteiger partial charge is 0.246 e. The number of piperidine rings is 1. The van der Waals surface area contributed by atoms with Crippen LogP contribution in [0.2, 0.25) is 0 Å². The van der Waals surface area contributed by atoms with E-state index < -0.39 is 0 Å². The second-order valence-electron chi connectivity index (χ2n) is 9.47. The van der Waals surface area contributed by atoms with Gasteiger partial charge in [-0.1, -0.05) is 55.1 Å². The average molecular weight is 495 g/mol. The van der Waals surface area contributed by atoms with E-state index in [0.29, 0.717) is 48.5 Å². The number of aromatic nitrogens is 4. The van der Waals surface area contributed by atoms with Gasteiger partial charge in [-0.15, -0.1) is 0 Å². The van der Waals surface area contributed by atoms with Crippen LogP contribution >= 0.6 is 0 Å². The number of carbonyl (C=O) groups is 2. The lowest BCUT2D eigenvalue weighted by Crippen LogP contribution is -2.40. The molecule has 1 amide bonds. The number of benzene rings is 2. The average Bonchev–Trinajstić information content (AvgIpc) is 3.33. The fourth-order valence-corrected chi connectivity index (χ4v) is 5.04. The Kier molecular flexibility index (Phi) is 6.81. The Labute approximate surface area is 215 Å². The van der Waals surface area contributed by atoms with Crippen LogP contribution in [0.15, 0.2) is 67.5 Å². The highest BCUT2D eigenvalue weighted by Gasteiger charge is 2.28. The van der Waals surface area contributed by atoms with Crippen LogP contribution in [0.4, 0.5) is 5.82 Å². The van der Waals surface area contributed by atoms with Crippen molar-refractivity contribution in [3.8, 4) is 11.3 Å². The molecule has 0 saturated carbocycles. The lowest BCUT2D eigenvalue weighted by Gasteiger charge is -2.32. The maximum absolute atomic E-state index is 12.7. The third-order valence-electron chi connectivity index (χ3n) is 7.06. The van der Waals surface area contributed by atoms with E-state index in [1.807, 2.05) is 60.1 Å². The maximum Gasteiger partial charge on any atom is 0.246 e. The van der Waals surface area contributed by atoms with Crippen molar-refractivity contribution in [2.75, 3.05) is 18.8 Å². The summed E-state index contributed by atoms with van der Waals surface area (Å²) in [6.07, 6.45) is 5.66. The fourth-order valence-electron chi connectivity index (χ4n) is 5.04. The van der Waals surface area contributed by atoms with Crippen molar-refractivity contribution >= 4 is 28.5 Å². The molecule has 0 aliphatic carbocycles. The summed E-state index contributed by atoms with van der Waals surface area (Å²) in [6, 6.07) is 15.7. The first-order valence-electron chi connectivity index (χ1n) is 12.5. The van der Waals surface area contributed by atoms with E-state index in [-0.39, 0.29) is 17.7 Å². The zero-order chi connectivity index (χ0) is 25.9. The van der Waals surface area contributed by atoms with E-state index in [9.17, 15) is 9.59 Å². The minimum Gasteiger partial charge on any atom is -0.383 e. The summed E-state index contributed by atoms with van der Waals surface area (Å²) in [6.45, 7) is 6.83. The highest BCUT2D eigenvalue weighted by Crippen LogP contribution is 2.34. The van der Waals surface area contributed by atoms with Gasteiger partial charge in [-0.3, -0.25) is 9.59 Å². The second-order valence-corrected chi connectivity index (χ2v) is 9.47. The molecule has 2 N–H and O–H groups in total. The molecule has 1 atom stereocenters. The number of Topliss-reactive ketones (excluding diaryl/α,β-unsaturated/α-hetero) is 1. The van der Waals surface area contributed by atoms with E-state index in [0.717, 1.165) is 35.1 Å². The van der Waals surface area contributed by atoms with Crippen LogP contribution in [0.25, 0.3) is 22.3 Å². The van der Waals surface area contributed by atoms with E-state index in [1.54, 1.807) is 4.90 Å². The van der Waals surface area contributed by atoms with Crippen molar-refractivity contribution in [1.82, 2.24) is 24.6 Å². The Hall–Kier alpha value is -4.33. The van der Waals surface area contributed by atoms with Crippen molar-refractivity contribution in [3.05, 3.63) is 84.2 Å². The number of hydrogen-bond acceptors (Lipinski definition) is 6. The number of carbonyl (C=O) groups excluding carboxylic acids is 2. The number of amides is 1. The van der Waals surface area contributed by atoms with Crippen LogP contribution in [0.3, 0.4) is 0 Å². The third kappa shape index (κ3) is 4.87. The van der Waals surface area contributed by atoms with Gasteiger partial charge in [0.1, 0.15) is 17.8 Å². The molecule has 8 heteroatoms. The molecule has 1 aliphatic heterocycles. The van der Waals surface area contributed by atoms with Gasteiger partial charge in [-0.25, -0.2) is 14.6 Å². The van der Waals surface area contributed by atoms with Gasteiger partial charge < -0.3 is 10.6 Å². The number of likely N-dealkylation sites (tertiary alicyclic amines) is 1. The predicted octanol–water partition coefficient (Wildman–Crippen LogP) is 4.55. The molecule has 5 rings (SSSR count). The van der Waals surface area contributed by atoms with Gasteiger partial charge in [0, 0.05) is 30.6 Å². The Morgan fingerprint density at radius 3 is 2.68 bits per heavy atom. The molecule has 1 unspecified atom stereocenters. The maximum atomic E-state index is 12.7. The molecule has 4 aromatic rings. The number of aryl methyl sites for hydroxylation is 2. The number of rotatable bonds is 7. The summed E-state index contributed by atoms with van der Waals surface area (Å²) >= 11 is 0. The van der Waals surface area contributed by atoms with Crippen LogP contribution in [-0.2, 0) is 11.2 Å². The van der Waals surface area contributed by atoms with Crippen LogP contribution in [0, 0.1) is 6.92 Å². The molecular formula is C29H30N6O2. The van der Waals surface area contributed by atoms with Gasteiger partial charge in [0.15, 0.2) is 11.4 Å². The number of nitrogens with zero attached hydrogens (tertiary/aromatic N) is 5. The Morgan fingerprint density at radius 1 is 1.14 bits per heavy atom. The summed E-state index contributed by atoms with van der Waals surface area (Å²) < 4.78 is 1.89. The molecule has 0 spiro atoms. The summed E-state index contributed by atoms with van der Waals surface area (Å²) in [7, 11) is 0. The van der Waals surface area contributed by atoms with Gasteiger partial charge in [0.25, 0.3) is 0 Å². The second kappa shape index (κ2) is 10.3. The van der Waals surface area contributed by atoms with Crippen molar-refractivity contribution < 1.29 is 9.59 Å². The molecule has 2 aromatic heterocycles. The van der Waals surface area contributed by atoms with Crippen LogP contribution in [0.1, 0.15) is 46.8 Å². The lowest BCUT2D eigenvalue weighted by atomic mass is 9.98. The van der Waals surface area contributed by atoms with Gasteiger partial charge in [-0.05, 0) is 43.4 Å². The number of fused-ring (bicyclic) bond motifs is 1.